The Labute approximate surface area is 163 Å². The third kappa shape index (κ3) is 3.06. The Morgan fingerprint density at radius 2 is 1.89 bits per heavy atom. The fourth-order valence-corrected chi connectivity index (χ4v) is 4.15. The van der Waals surface area contributed by atoms with Gasteiger partial charge in [-0.3, -0.25) is 4.79 Å². The number of hydrogen-bond acceptors (Lipinski definition) is 6. The molecule has 146 valence electrons. The van der Waals surface area contributed by atoms with Crippen LogP contribution in [0.2, 0.25) is 0 Å². The van der Waals surface area contributed by atoms with Gasteiger partial charge in [-0.2, -0.15) is 19.7 Å². The van der Waals surface area contributed by atoms with Crippen LogP contribution in [-0.4, -0.2) is 42.5 Å². The molecule has 3 aromatic rings. The molecular weight excluding hydrogens is 354 g/mol. The standard InChI is InChI=1S/C20H25N7O/c1-13-14(2)23-20-21-12-22-27(20)19(13)25-9-7-15(8-10-25)11-26-18(28)6-5-17(24-26)16-3-4-16/h5-6,12,15-16H,3-4,7-11H2,1-2H3. The molecule has 3 aromatic heterocycles. The molecule has 8 nitrogen and oxygen atoms in total. The predicted octanol–water partition coefficient (Wildman–Crippen LogP) is 2.09. The minimum absolute atomic E-state index is 0.0109. The highest BCUT2D eigenvalue weighted by Crippen LogP contribution is 2.38. The van der Waals surface area contributed by atoms with Crippen LogP contribution in [-0.2, 0) is 6.54 Å². The Morgan fingerprint density at radius 3 is 2.64 bits per heavy atom. The van der Waals surface area contributed by atoms with Crippen LogP contribution in [0.3, 0.4) is 0 Å². The summed E-state index contributed by atoms with van der Waals surface area (Å²) in [5.41, 5.74) is 3.22. The topological polar surface area (TPSA) is 81.2 Å². The molecule has 0 aromatic carbocycles. The van der Waals surface area contributed by atoms with Gasteiger partial charge in [0.2, 0.25) is 0 Å². The van der Waals surface area contributed by atoms with E-state index in [9.17, 15) is 4.79 Å². The zero-order chi connectivity index (χ0) is 19.3. The van der Waals surface area contributed by atoms with Gasteiger partial charge in [-0.05, 0) is 51.5 Å². The number of aromatic nitrogens is 6. The molecule has 0 bridgehead atoms. The molecule has 0 radical (unpaired) electrons. The zero-order valence-electron chi connectivity index (χ0n) is 16.4. The van der Waals surface area contributed by atoms with Crippen LogP contribution < -0.4 is 10.5 Å². The van der Waals surface area contributed by atoms with Gasteiger partial charge in [0, 0.05) is 42.9 Å². The van der Waals surface area contributed by atoms with E-state index in [1.54, 1.807) is 17.1 Å². The van der Waals surface area contributed by atoms with Gasteiger partial charge in [0.15, 0.2) is 0 Å². The van der Waals surface area contributed by atoms with E-state index in [-0.39, 0.29) is 5.56 Å². The van der Waals surface area contributed by atoms with Gasteiger partial charge < -0.3 is 4.90 Å². The summed E-state index contributed by atoms with van der Waals surface area (Å²) < 4.78 is 3.53. The van der Waals surface area contributed by atoms with Crippen molar-refractivity contribution in [1.82, 2.24) is 29.4 Å². The van der Waals surface area contributed by atoms with Crippen LogP contribution in [0.15, 0.2) is 23.3 Å². The molecule has 1 aliphatic heterocycles. The average Bonchev–Trinajstić information content (AvgIpc) is 3.45. The smallest absolute Gasteiger partial charge is 0.266 e. The summed E-state index contributed by atoms with van der Waals surface area (Å²) in [7, 11) is 0. The summed E-state index contributed by atoms with van der Waals surface area (Å²) in [5.74, 6) is 2.76. The van der Waals surface area contributed by atoms with Crippen molar-refractivity contribution in [3.05, 3.63) is 45.8 Å². The van der Waals surface area contributed by atoms with Gasteiger partial charge >= 0.3 is 0 Å². The number of fused-ring (bicyclic) bond motifs is 1. The first-order valence-electron chi connectivity index (χ1n) is 10.1. The van der Waals surface area contributed by atoms with Crippen molar-refractivity contribution in [3.8, 4) is 0 Å². The molecule has 0 spiro atoms. The minimum Gasteiger partial charge on any atom is -0.356 e. The number of rotatable bonds is 4. The van der Waals surface area contributed by atoms with Gasteiger partial charge in [-0.15, -0.1) is 0 Å². The molecule has 0 atom stereocenters. The first kappa shape index (κ1) is 17.3. The van der Waals surface area contributed by atoms with E-state index in [2.05, 4.69) is 32.0 Å². The minimum atomic E-state index is 0.0109. The van der Waals surface area contributed by atoms with Crippen molar-refractivity contribution in [2.75, 3.05) is 18.0 Å². The first-order valence-corrected chi connectivity index (χ1v) is 10.1. The van der Waals surface area contributed by atoms with Crippen molar-refractivity contribution >= 4 is 11.6 Å². The Hall–Kier alpha value is -2.77. The molecule has 1 saturated carbocycles. The lowest BCUT2D eigenvalue weighted by Crippen LogP contribution is -2.38. The summed E-state index contributed by atoms with van der Waals surface area (Å²) in [6, 6.07) is 3.58. The molecule has 1 aliphatic carbocycles. The third-order valence-electron chi connectivity index (χ3n) is 6.10. The normalized spacial score (nSPS) is 18.1. The van der Waals surface area contributed by atoms with Gasteiger partial charge in [-0.25, -0.2) is 9.67 Å². The SMILES string of the molecule is Cc1nc2ncnn2c(N2CCC(Cn3nc(C4CC4)ccc3=O)CC2)c1C. The lowest BCUT2D eigenvalue weighted by molar-refractivity contribution is 0.332. The molecular formula is C20H25N7O. The molecule has 2 aliphatic rings. The molecule has 0 N–H and O–H groups in total. The van der Waals surface area contributed by atoms with Crippen molar-refractivity contribution in [2.45, 2.75) is 52.0 Å². The van der Waals surface area contributed by atoms with Crippen LogP contribution in [0.1, 0.15) is 48.6 Å². The second-order valence-electron chi connectivity index (χ2n) is 8.10. The van der Waals surface area contributed by atoms with Crippen LogP contribution in [0.5, 0.6) is 0 Å². The van der Waals surface area contributed by atoms with Gasteiger partial charge in [0.05, 0.1) is 5.69 Å². The highest BCUT2D eigenvalue weighted by Gasteiger charge is 2.27. The Morgan fingerprint density at radius 1 is 1.11 bits per heavy atom. The molecule has 8 heteroatoms. The monoisotopic (exact) mass is 379 g/mol. The Bertz CT molecular complexity index is 1070. The summed E-state index contributed by atoms with van der Waals surface area (Å²) in [5, 5.41) is 9.00. The van der Waals surface area contributed by atoms with Crippen LogP contribution in [0, 0.1) is 19.8 Å². The Balaban J connectivity index is 1.32. The van der Waals surface area contributed by atoms with Crippen LogP contribution >= 0.6 is 0 Å². The number of hydrogen-bond donors (Lipinski definition) is 0. The highest BCUT2D eigenvalue weighted by atomic mass is 16.1. The Kier molecular flexibility index (Phi) is 4.14. The zero-order valence-corrected chi connectivity index (χ0v) is 16.4. The maximum absolute atomic E-state index is 12.2. The van der Waals surface area contributed by atoms with E-state index in [1.807, 2.05) is 17.5 Å². The predicted molar refractivity (Wildman–Crippen MR) is 106 cm³/mol. The summed E-state index contributed by atoms with van der Waals surface area (Å²) in [4.78, 5) is 23.4. The van der Waals surface area contributed by atoms with Crippen molar-refractivity contribution in [1.29, 1.82) is 0 Å². The van der Waals surface area contributed by atoms with E-state index < -0.39 is 0 Å². The first-order chi connectivity index (χ1) is 13.6. The number of nitrogens with zero attached hydrogens (tertiary/aromatic N) is 7. The van der Waals surface area contributed by atoms with Gasteiger partial charge in [0.1, 0.15) is 12.1 Å². The van der Waals surface area contributed by atoms with Gasteiger partial charge in [0.25, 0.3) is 11.3 Å². The molecule has 28 heavy (non-hydrogen) atoms. The second-order valence-corrected chi connectivity index (χ2v) is 8.10. The van der Waals surface area contributed by atoms with E-state index in [4.69, 9.17) is 0 Å². The lowest BCUT2D eigenvalue weighted by Gasteiger charge is -2.34. The summed E-state index contributed by atoms with van der Waals surface area (Å²) >= 11 is 0. The molecule has 5 rings (SSSR count). The number of anilines is 1. The fraction of sp³-hybridized carbons (Fsp3) is 0.550. The summed E-state index contributed by atoms with van der Waals surface area (Å²) in [6.45, 7) is 6.69. The number of aryl methyl sites for hydroxylation is 1. The summed E-state index contributed by atoms with van der Waals surface area (Å²) in [6.07, 6.45) is 6.01. The molecule has 4 heterocycles. The highest BCUT2D eigenvalue weighted by molar-refractivity contribution is 5.54. The van der Waals surface area contributed by atoms with Crippen molar-refractivity contribution < 1.29 is 0 Å². The molecule has 1 saturated heterocycles. The molecule has 2 fully saturated rings. The van der Waals surface area contributed by atoms with E-state index in [0.29, 0.717) is 24.2 Å². The van der Waals surface area contributed by atoms with Crippen LogP contribution in [0.4, 0.5) is 5.82 Å². The second kappa shape index (κ2) is 6.68. The largest absolute Gasteiger partial charge is 0.356 e. The maximum Gasteiger partial charge on any atom is 0.266 e. The van der Waals surface area contributed by atoms with Crippen LogP contribution in [0.25, 0.3) is 5.78 Å². The molecule has 0 amide bonds. The maximum atomic E-state index is 12.2. The quantitative estimate of drug-likeness (QED) is 0.690. The van der Waals surface area contributed by atoms with E-state index >= 15 is 0 Å². The van der Waals surface area contributed by atoms with E-state index in [0.717, 1.165) is 48.7 Å². The number of piperidine rings is 1. The van der Waals surface area contributed by atoms with Crippen molar-refractivity contribution in [3.63, 3.8) is 0 Å². The van der Waals surface area contributed by atoms with Crippen molar-refractivity contribution in [2.24, 2.45) is 5.92 Å². The van der Waals surface area contributed by atoms with E-state index in [1.165, 1.54) is 12.8 Å². The molecule has 0 unspecified atom stereocenters. The van der Waals surface area contributed by atoms with Gasteiger partial charge in [-0.1, -0.05) is 0 Å². The lowest BCUT2D eigenvalue weighted by atomic mass is 9.96. The average molecular weight is 379 g/mol. The third-order valence-corrected chi connectivity index (χ3v) is 6.10. The fourth-order valence-electron chi connectivity index (χ4n) is 4.15.